The van der Waals surface area contributed by atoms with Crippen LogP contribution in [0.5, 0.6) is 0 Å². The zero-order chi connectivity index (χ0) is 17.9. The van der Waals surface area contributed by atoms with Crippen molar-refractivity contribution in [3.8, 4) is 0 Å². The van der Waals surface area contributed by atoms with Gasteiger partial charge in [0.15, 0.2) is 5.65 Å². The van der Waals surface area contributed by atoms with Crippen LogP contribution in [0.15, 0.2) is 42.7 Å². The summed E-state index contributed by atoms with van der Waals surface area (Å²) in [5, 5.41) is 4.92. The predicted molar refractivity (Wildman–Crippen MR) is 98.1 cm³/mol. The summed E-state index contributed by atoms with van der Waals surface area (Å²) >= 11 is 5.80. The van der Waals surface area contributed by atoms with Crippen molar-refractivity contribution in [2.24, 2.45) is 0 Å². The third-order valence-electron chi connectivity index (χ3n) is 3.72. The lowest BCUT2D eigenvalue weighted by molar-refractivity contribution is 0.578. The summed E-state index contributed by atoms with van der Waals surface area (Å²) in [7, 11) is -3.36. The molecule has 6 nitrogen and oxygen atoms in total. The maximum atomic E-state index is 12.1. The van der Waals surface area contributed by atoms with E-state index in [9.17, 15) is 8.42 Å². The molecule has 0 fully saturated rings. The van der Waals surface area contributed by atoms with E-state index in [1.807, 2.05) is 19.2 Å². The van der Waals surface area contributed by atoms with Crippen LogP contribution < -0.4 is 4.72 Å². The minimum atomic E-state index is -3.36. The molecule has 0 amide bonds. The molecule has 132 valence electrons. The van der Waals surface area contributed by atoms with E-state index in [-0.39, 0.29) is 5.75 Å². The number of rotatable bonds is 7. The molecule has 0 saturated heterocycles. The van der Waals surface area contributed by atoms with Crippen molar-refractivity contribution in [2.75, 3.05) is 6.54 Å². The molecule has 0 saturated carbocycles. The fourth-order valence-corrected chi connectivity index (χ4v) is 3.85. The molecule has 1 aromatic carbocycles. The number of aryl methyl sites for hydroxylation is 2. The molecule has 0 unspecified atom stereocenters. The SMILES string of the molecule is Cc1cc2ncc(CCCNS(=O)(=O)Cc3ccc(Cl)cc3)cn2n1. The number of aromatic nitrogens is 3. The maximum Gasteiger partial charge on any atom is 0.215 e. The van der Waals surface area contributed by atoms with Gasteiger partial charge in [-0.25, -0.2) is 22.6 Å². The molecule has 0 aliphatic rings. The number of nitrogens with one attached hydrogen (secondary N) is 1. The number of hydrogen-bond donors (Lipinski definition) is 1. The van der Waals surface area contributed by atoms with Crippen molar-refractivity contribution in [3.63, 3.8) is 0 Å². The Morgan fingerprint density at radius 1 is 1.20 bits per heavy atom. The highest BCUT2D eigenvalue weighted by Crippen LogP contribution is 2.12. The average Bonchev–Trinajstić information content (AvgIpc) is 2.93. The number of fused-ring (bicyclic) bond motifs is 1. The van der Waals surface area contributed by atoms with Crippen molar-refractivity contribution in [3.05, 3.63) is 64.6 Å². The van der Waals surface area contributed by atoms with Gasteiger partial charge in [-0.15, -0.1) is 0 Å². The average molecular weight is 379 g/mol. The van der Waals surface area contributed by atoms with E-state index in [1.54, 1.807) is 35.0 Å². The molecule has 3 aromatic rings. The number of hydrogen-bond acceptors (Lipinski definition) is 4. The molecule has 8 heteroatoms. The number of sulfonamides is 1. The first-order valence-corrected chi connectivity index (χ1v) is 9.97. The lowest BCUT2D eigenvalue weighted by atomic mass is 10.2. The molecule has 2 heterocycles. The molecule has 0 radical (unpaired) electrons. The Hall–Kier alpha value is -1.96. The maximum absolute atomic E-state index is 12.1. The second-order valence-electron chi connectivity index (χ2n) is 5.93. The van der Waals surface area contributed by atoms with Gasteiger partial charge in [0.05, 0.1) is 11.4 Å². The highest BCUT2D eigenvalue weighted by Gasteiger charge is 2.11. The number of benzene rings is 1. The summed E-state index contributed by atoms with van der Waals surface area (Å²) < 4.78 is 28.6. The Morgan fingerprint density at radius 3 is 2.72 bits per heavy atom. The normalized spacial score (nSPS) is 11.9. The largest absolute Gasteiger partial charge is 0.237 e. The van der Waals surface area contributed by atoms with Crippen molar-refractivity contribution < 1.29 is 8.42 Å². The highest BCUT2D eigenvalue weighted by atomic mass is 35.5. The van der Waals surface area contributed by atoms with Gasteiger partial charge in [-0.3, -0.25) is 0 Å². The minimum absolute atomic E-state index is 0.0513. The molecule has 2 aromatic heterocycles. The van der Waals surface area contributed by atoms with E-state index >= 15 is 0 Å². The van der Waals surface area contributed by atoms with Gasteiger partial charge in [0, 0.05) is 30.0 Å². The van der Waals surface area contributed by atoms with Gasteiger partial charge in [-0.2, -0.15) is 5.10 Å². The summed E-state index contributed by atoms with van der Waals surface area (Å²) in [4.78, 5) is 4.34. The standard InChI is InChI=1S/C17H19ClN4O2S/c1-13-9-17-19-10-15(11-22(17)21-13)3-2-8-20-25(23,24)12-14-4-6-16(18)7-5-14/h4-7,9-11,20H,2-3,8,12H2,1H3. The number of nitrogens with zero attached hydrogens (tertiary/aromatic N) is 3. The van der Waals surface area contributed by atoms with Gasteiger partial charge in [0.2, 0.25) is 10.0 Å². The fourth-order valence-electron chi connectivity index (χ4n) is 2.53. The quantitative estimate of drug-likeness (QED) is 0.641. The zero-order valence-electron chi connectivity index (χ0n) is 13.8. The molecule has 0 spiro atoms. The van der Waals surface area contributed by atoms with Crippen LogP contribution in [0.25, 0.3) is 5.65 Å². The second kappa shape index (κ2) is 7.51. The van der Waals surface area contributed by atoms with Crippen LogP contribution in [0.4, 0.5) is 0 Å². The first-order valence-electron chi connectivity index (χ1n) is 7.94. The Bertz CT molecular complexity index is 968. The molecule has 25 heavy (non-hydrogen) atoms. The molecule has 1 N–H and O–H groups in total. The number of halogens is 1. The zero-order valence-corrected chi connectivity index (χ0v) is 15.4. The first-order chi connectivity index (χ1) is 11.9. The second-order valence-corrected chi connectivity index (χ2v) is 8.18. The summed E-state index contributed by atoms with van der Waals surface area (Å²) in [6.07, 6.45) is 5.15. The lowest BCUT2D eigenvalue weighted by Crippen LogP contribution is -2.26. The molecule has 3 rings (SSSR count). The van der Waals surface area contributed by atoms with Crippen LogP contribution >= 0.6 is 11.6 Å². The van der Waals surface area contributed by atoms with E-state index in [1.165, 1.54) is 0 Å². The Morgan fingerprint density at radius 2 is 1.96 bits per heavy atom. The summed E-state index contributed by atoms with van der Waals surface area (Å²) in [6.45, 7) is 2.30. The van der Waals surface area contributed by atoms with Crippen LogP contribution in [0.2, 0.25) is 5.02 Å². The van der Waals surface area contributed by atoms with Crippen LogP contribution in [0.3, 0.4) is 0 Å². The smallest absolute Gasteiger partial charge is 0.215 e. The molecule has 0 aliphatic carbocycles. The minimum Gasteiger partial charge on any atom is -0.237 e. The first kappa shape index (κ1) is 17.8. The van der Waals surface area contributed by atoms with Gasteiger partial charge in [0.1, 0.15) is 0 Å². The van der Waals surface area contributed by atoms with Crippen LogP contribution in [0, 0.1) is 6.92 Å². The van der Waals surface area contributed by atoms with Crippen molar-refractivity contribution >= 4 is 27.3 Å². The monoisotopic (exact) mass is 378 g/mol. The summed E-state index contributed by atoms with van der Waals surface area (Å²) in [5.74, 6) is -0.0513. The van der Waals surface area contributed by atoms with E-state index in [4.69, 9.17) is 11.6 Å². The van der Waals surface area contributed by atoms with E-state index < -0.39 is 10.0 Å². The van der Waals surface area contributed by atoms with Crippen molar-refractivity contribution in [1.29, 1.82) is 0 Å². The summed E-state index contributed by atoms with van der Waals surface area (Å²) in [6, 6.07) is 8.72. The van der Waals surface area contributed by atoms with Gasteiger partial charge >= 0.3 is 0 Å². The predicted octanol–water partition coefficient (Wildman–Crippen LogP) is 2.74. The van der Waals surface area contributed by atoms with Crippen LogP contribution in [-0.2, 0) is 22.2 Å². The Balaban J connectivity index is 1.50. The van der Waals surface area contributed by atoms with Crippen molar-refractivity contribution in [2.45, 2.75) is 25.5 Å². The molecular formula is C17H19ClN4O2S. The van der Waals surface area contributed by atoms with Crippen LogP contribution in [0.1, 0.15) is 23.2 Å². The van der Waals surface area contributed by atoms with E-state index in [2.05, 4.69) is 14.8 Å². The Labute approximate surface area is 151 Å². The van der Waals surface area contributed by atoms with Crippen molar-refractivity contribution in [1.82, 2.24) is 19.3 Å². The van der Waals surface area contributed by atoms with Gasteiger partial charge < -0.3 is 0 Å². The van der Waals surface area contributed by atoms with Gasteiger partial charge in [0.25, 0.3) is 0 Å². The molecule has 0 bridgehead atoms. The third-order valence-corrected chi connectivity index (χ3v) is 5.33. The van der Waals surface area contributed by atoms with Gasteiger partial charge in [-0.05, 0) is 43.0 Å². The van der Waals surface area contributed by atoms with Crippen LogP contribution in [-0.4, -0.2) is 29.6 Å². The Kier molecular flexibility index (Phi) is 5.36. The third kappa shape index (κ3) is 5.01. The highest BCUT2D eigenvalue weighted by molar-refractivity contribution is 7.88. The molecule has 0 atom stereocenters. The van der Waals surface area contributed by atoms with E-state index in [0.29, 0.717) is 23.6 Å². The van der Waals surface area contributed by atoms with Gasteiger partial charge in [-0.1, -0.05) is 23.7 Å². The fraction of sp³-hybridized carbons (Fsp3) is 0.294. The topological polar surface area (TPSA) is 76.4 Å². The summed E-state index contributed by atoms with van der Waals surface area (Å²) in [5.41, 5.74) is 3.46. The molecular weight excluding hydrogens is 360 g/mol. The van der Waals surface area contributed by atoms with E-state index in [0.717, 1.165) is 23.3 Å². The lowest BCUT2D eigenvalue weighted by Gasteiger charge is -2.07. The molecule has 0 aliphatic heterocycles.